The van der Waals surface area contributed by atoms with Crippen LogP contribution in [0.25, 0.3) is 10.9 Å². The van der Waals surface area contributed by atoms with E-state index in [1.807, 2.05) is 24.3 Å². The van der Waals surface area contributed by atoms with Crippen LogP contribution in [-0.4, -0.2) is 38.4 Å². The molecule has 1 aromatic heterocycles. The lowest BCUT2D eigenvalue weighted by atomic mass is 10.2. The Hall–Kier alpha value is -3.48. The number of aromatic nitrogens is 1. The fraction of sp³-hybridized carbons (Fsp3) is 0.158. The van der Waals surface area contributed by atoms with E-state index in [2.05, 4.69) is 15.5 Å². The Bertz CT molecular complexity index is 922. The minimum atomic E-state index is -0.378. The highest BCUT2D eigenvalue weighted by molar-refractivity contribution is 6.01. The number of ether oxygens (including phenoxy) is 3. The number of nitrogens with zero attached hydrogens (tertiary/aromatic N) is 1. The summed E-state index contributed by atoms with van der Waals surface area (Å²) in [6.45, 7) is 0. The first-order valence-electron chi connectivity index (χ1n) is 7.88. The van der Waals surface area contributed by atoms with Gasteiger partial charge in [-0.2, -0.15) is 5.10 Å². The van der Waals surface area contributed by atoms with Gasteiger partial charge in [0.15, 0.2) is 0 Å². The van der Waals surface area contributed by atoms with Crippen molar-refractivity contribution in [2.75, 3.05) is 21.3 Å². The van der Waals surface area contributed by atoms with Gasteiger partial charge in [0, 0.05) is 10.9 Å². The Morgan fingerprint density at radius 1 is 1.00 bits per heavy atom. The zero-order valence-electron chi connectivity index (χ0n) is 14.7. The third-order valence-electron chi connectivity index (χ3n) is 3.91. The Morgan fingerprint density at radius 3 is 2.42 bits per heavy atom. The predicted molar refractivity (Wildman–Crippen MR) is 99.5 cm³/mol. The van der Waals surface area contributed by atoms with E-state index in [1.165, 1.54) is 6.21 Å². The summed E-state index contributed by atoms with van der Waals surface area (Å²) in [7, 11) is 4.72. The van der Waals surface area contributed by atoms with Gasteiger partial charge in [-0.3, -0.25) is 4.79 Å². The molecule has 0 aliphatic heterocycles. The molecule has 3 aromatic rings. The lowest BCUT2D eigenvalue weighted by molar-refractivity contribution is 0.0951. The molecule has 2 aromatic carbocycles. The van der Waals surface area contributed by atoms with E-state index in [0.717, 1.165) is 10.9 Å². The van der Waals surface area contributed by atoms with Crippen molar-refractivity contribution in [1.29, 1.82) is 0 Å². The molecule has 0 spiro atoms. The quantitative estimate of drug-likeness (QED) is 0.527. The Kier molecular flexibility index (Phi) is 5.07. The van der Waals surface area contributed by atoms with Crippen molar-refractivity contribution in [3.8, 4) is 17.2 Å². The highest BCUT2D eigenvalue weighted by Gasteiger charge is 2.15. The topological polar surface area (TPSA) is 84.9 Å². The SMILES string of the molecule is COc1ccccc1/C=N/NC(=O)c1cc2c(OC)ccc(OC)c2[nH]1. The van der Waals surface area contributed by atoms with Crippen molar-refractivity contribution < 1.29 is 19.0 Å². The van der Waals surface area contributed by atoms with Gasteiger partial charge < -0.3 is 19.2 Å². The molecule has 2 N–H and O–H groups in total. The fourth-order valence-corrected chi connectivity index (χ4v) is 2.63. The van der Waals surface area contributed by atoms with E-state index < -0.39 is 0 Å². The second-order valence-corrected chi connectivity index (χ2v) is 5.38. The second-order valence-electron chi connectivity index (χ2n) is 5.38. The number of fused-ring (bicyclic) bond motifs is 1. The molecule has 1 amide bonds. The zero-order valence-corrected chi connectivity index (χ0v) is 14.7. The van der Waals surface area contributed by atoms with Crippen LogP contribution in [0.5, 0.6) is 17.2 Å². The highest BCUT2D eigenvalue weighted by Crippen LogP contribution is 2.33. The van der Waals surface area contributed by atoms with E-state index in [-0.39, 0.29) is 5.91 Å². The number of hydrogen-bond donors (Lipinski definition) is 2. The van der Waals surface area contributed by atoms with Crippen LogP contribution < -0.4 is 19.6 Å². The van der Waals surface area contributed by atoms with Gasteiger partial charge in [0.2, 0.25) is 0 Å². The van der Waals surface area contributed by atoms with Gasteiger partial charge >= 0.3 is 0 Å². The summed E-state index contributed by atoms with van der Waals surface area (Å²) in [6, 6.07) is 12.6. The van der Waals surface area contributed by atoms with Crippen LogP contribution in [0.2, 0.25) is 0 Å². The molecular weight excluding hydrogens is 334 g/mol. The van der Waals surface area contributed by atoms with Crippen molar-refractivity contribution in [2.24, 2.45) is 5.10 Å². The van der Waals surface area contributed by atoms with Crippen LogP contribution in [0, 0.1) is 0 Å². The monoisotopic (exact) mass is 353 g/mol. The van der Waals surface area contributed by atoms with Crippen molar-refractivity contribution >= 4 is 23.0 Å². The van der Waals surface area contributed by atoms with Crippen LogP contribution in [0.4, 0.5) is 0 Å². The molecule has 0 aliphatic rings. The number of rotatable bonds is 6. The minimum absolute atomic E-state index is 0.347. The summed E-state index contributed by atoms with van der Waals surface area (Å²) in [6.07, 6.45) is 1.53. The molecule has 7 heteroatoms. The molecule has 0 atom stereocenters. The van der Waals surface area contributed by atoms with E-state index in [1.54, 1.807) is 39.5 Å². The number of methoxy groups -OCH3 is 3. The second kappa shape index (κ2) is 7.60. The molecule has 3 rings (SSSR count). The standard InChI is InChI=1S/C19H19N3O4/c1-24-15-7-5-4-6-12(15)11-20-22-19(23)14-10-13-16(25-2)8-9-17(26-3)18(13)21-14/h4-11,21H,1-3H3,(H,22,23)/b20-11+. The van der Waals surface area contributed by atoms with Gasteiger partial charge in [-0.05, 0) is 30.3 Å². The van der Waals surface area contributed by atoms with Gasteiger partial charge in [0.25, 0.3) is 5.91 Å². The minimum Gasteiger partial charge on any atom is -0.496 e. The van der Waals surface area contributed by atoms with Crippen molar-refractivity contribution in [3.05, 3.63) is 53.7 Å². The molecule has 0 fully saturated rings. The van der Waals surface area contributed by atoms with Crippen molar-refractivity contribution in [2.45, 2.75) is 0 Å². The van der Waals surface area contributed by atoms with Gasteiger partial charge in [-0.1, -0.05) is 12.1 Å². The number of carbonyl (C=O) groups is 1. The van der Waals surface area contributed by atoms with Crippen molar-refractivity contribution in [1.82, 2.24) is 10.4 Å². The van der Waals surface area contributed by atoms with Gasteiger partial charge in [-0.15, -0.1) is 0 Å². The third-order valence-corrected chi connectivity index (χ3v) is 3.91. The summed E-state index contributed by atoms with van der Waals surface area (Å²) in [5.74, 6) is 1.56. The number of carbonyl (C=O) groups excluding carboxylic acids is 1. The molecular formula is C19H19N3O4. The van der Waals surface area contributed by atoms with Crippen LogP contribution in [0.1, 0.15) is 16.1 Å². The van der Waals surface area contributed by atoms with E-state index in [4.69, 9.17) is 14.2 Å². The number of amides is 1. The van der Waals surface area contributed by atoms with Crippen LogP contribution in [0.3, 0.4) is 0 Å². The summed E-state index contributed by atoms with van der Waals surface area (Å²) < 4.78 is 15.9. The van der Waals surface area contributed by atoms with Crippen LogP contribution in [0.15, 0.2) is 47.6 Å². The molecule has 1 heterocycles. The lowest BCUT2D eigenvalue weighted by Gasteiger charge is -2.05. The smallest absolute Gasteiger partial charge is 0.287 e. The average Bonchev–Trinajstić information content (AvgIpc) is 3.13. The van der Waals surface area contributed by atoms with Gasteiger partial charge in [0.1, 0.15) is 22.9 Å². The molecule has 26 heavy (non-hydrogen) atoms. The first kappa shape index (κ1) is 17.3. The molecule has 0 aliphatic carbocycles. The summed E-state index contributed by atoms with van der Waals surface area (Å²) >= 11 is 0. The first-order valence-corrected chi connectivity index (χ1v) is 7.88. The maximum absolute atomic E-state index is 12.4. The number of para-hydroxylation sites is 1. The molecule has 7 nitrogen and oxygen atoms in total. The largest absolute Gasteiger partial charge is 0.496 e. The third kappa shape index (κ3) is 3.32. The van der Waals surface area contributed by atoms with Gasteiger partial charge in [-0.25, -0.2) is 5.43 Å². The van der Waals surface area contributed by atoms with E-state index in [9.17, 15) is 4.79 Å². The maximum atomic E-state index is 12.4. The highest BCUT2D eigenvalue weighted by atomic mass is 16.5. The number of nitrogens with one attached hydrogen (secondary N) is 2. The predicted octanol–water partition coefficient (Wildman–Crippen LogP) is 2.96. The molecule has 134 valence electrons. The normalized spacial score (nSPS) is 10.9. The molecule has 0 unspecified atom stereocenters. The van der Waals surface area contributed by atoms with Crippen LogP contribution in [-0.2, 0) is 0 Å². The zero-order chi connectivity index (χ0) is 18.5. The lowest BCUT2D eigenvalue weighted by Crippen LogP contribution is -2.17. The fourth-order valence-electron chi connectivity index (χ4n) is 2.63. The van der Waals surface area contributed by atoms with E-state index in [0.29, 0.717) is 28.5 Å². The number of hydrazone groups is 1. The maximum Gasteiger partial charge on any atom is 0.287 e. The number of benzene rings is 2. The number of aromatic amines is 1. The Balaban J connectivity index is 1.83. The average molecular weight is 353 g/mol. The Labute approximate surface area is 150 Å². The molecule has 0 bridgehead atoms. The molecule has 0 radical (unpaired) electrons. The summed E-state index contributed by atoms with van der Waals surface area (Å²) in [5, 5.41) is 4.75. The molecule has 0 saturated carbocycles. The summed E-state index contributed by atoms with van der Waals surface area (Å²) in [5.41, 5.74) is 4.29. The Morgan fingerprint density at radius 2 is 1.69 bits per heavy atom. The first-order chi connectivity index (χ1) is 12.7. The van der Waals surface area contributed by atoms with Crippen molar-refractivity contribution in [3.63, 3.8) is 0 Å². The summed E-state index contributed by atoms with van der Waals surface area (Å²) in [4.78, 5) is 15.4. The van der Waals surface area contributed by atoms with Gasteiger partial charge in [0.05, 0.1) is 33.1 Å². The number of H-pyrrole nitrogens is 1. The number of hydrogen-bond acceptors (Lipinski definition) is 5. The molecule has 0 saturated heterocycles. The van der Waals surface area contributed by atoms with Crippen LogP contribution >= 0.6 is 0 Å². The van der Waals surface area contributed by atoms with E-state index >= 15 is 0 Å².